The van der Waals surface area contributed by atoms with E-state index in [-0.39, 0.29) is 6.03 Å². The number of aryl methyl sites for hydroxylation is 1. The Morgan fingerprint density at radius 3 is 2.59 bits per heavy atom. The standard InChI is InChI=1S/C24H26N4O4/c1-15-6-5-7-18(14-15)22-26-23(32-27-22)20-16(2)28(12-13-30-3)24(29)25-21(20)17-8-10-19(31-4)11-9-17/h5-11,14,21H,12-13H2,1-4H3,(H,25,29). The van der Waals surface area contributed by atoms with Crippen LogP contribution in [0.3, 0.4) is 0 Å². The summed E-state index contributed by atoms with van der Waals surface area (Å²) in [6.07, 6.45) is 0. The summed E-state index contributed by atoms with van der Waals surface area (Å²) in [6, 6.07) is 14.8. The van der Waals surface area contributed by atoms with Crippen LogP contribution in [0, 0.1) is 6.92 Å². The van der Waals surface area contributed by atoms with Gasteiger partial charge in [0.15, 0.2) is 0 Å². The number of nitrogens with zero attached hydrogens (tertiary/aromatic N) is 3. The lowest BCUT2D eigenvalue weighted by Gasteiger charge is -2.35. The number of amides is 2. The molecule has 8 nitrogen and oxygen atoms in total. The molecule has 1 aliphatic heterocycles. The highest BCUT2D eigenvalue weighted by Crippen LogP contribution is 2.37. The Kier molecular flexibility index (Phi) is 6.23. The summed E-state index contributed by atoms with van der Waals surface area (Å²) in [4.78, 5) is 19.2. The number of carbonyl (C=O) groups is 1. The molecule has 2 amide bonds. The van der Waals surface area contributed by atoms with Gasteiger partial charge in [0, 0.05) is 18.4 Å². The molecule has 0 aliphatic carbocycles. The normalized spacial score (nSPS) is 16.3. The fourth-order valence-electron chi connectivity index (χ4n) is 3.79. The Hall–Kier alpha value is -3.65. The van der Waals surface area contributed by atoms with Gasteiger partial charge in [-0.1, -0.05) is 41.1 Å². The van der Waals surface area contributed by atoms with Crippen LogP contribution in [0.1, 0.15) is 30.0 Å². The first-order valence-electron chi connectivity index (χ1n) is 10.3. The van der Waals surface area contributed by atoms with E-state index in [9.17, 15) is 4.79 Å². The van der Waals surface area contributed by atoms with Gasteiger partial charge >= 0.3 is 6.03 Å². The Balaban J connectivity index is 1.79. The van der Waals surface area contributed by atoms with Gasteiger partial charge in [-0.05, 0) is 37.6 Å². The summed E-state index contributed by atoms with van der Waals surface area (Å²) in [7, 11) is 3.22. The number of aromatic nitrogens is 2. The fraction of sp³-hybridized carbons (Fsp3) is 0.292. The number of urea groups is 1. The molecule has 2 aromatic carbocycles. The molecule has 1 N–H and O–H groups in total. The van der Waals surface area contributed by atoms with Crippen LogP contribution in [0.2, 0.25) is 0 Å². The van der Waals surface area contributed by atoms with Crippen molar-refractivity contribution in [3.8, 4) is 17.1 Å². The second kappa shape index (κ2) is 9.23. The van der Waals surface area contributed by atoms with Crippen molar-refractivity contribution < 1.29 is 18.8 Å². The summed E-state index contributed by atoms with van der Waals surface area (Å²) in [5.74, 6) is 1.60. The van der Waals surface area contributed by atoms with Crippen LogP contribution in [-0.4, -0.2) is 48.4 Å². The first-order valence-corrected chi connectivity index (χ1v) is 10.3. The van der Waals surface area contributed by atoms with Crippen molar-refractivity contribution in [2.75, 3.05) is 27.4 Å². The number of ether oxygens (including phenoxy) is 2. The average Bonchev–Trinajstić information content (AvgIpc) is 3.28. The molecule has 4 rings (SSSR count). The van der Waals surface area contributed by atoms with Gasteiger partial charge in [-0.15, -0.1) is 0 Å². The molecule has 1 aromatic heterocycles. The molecule has 0 fully saturated rings. The highest BCUT2D eigenvalue weighted by Gasteiger charge is 2.35. The SMILES string of the molecule is COCCN1C(=O)NC(c2ccc(OC)cc2)C(c2nc(-c3cccc(C)c3)no2)=C1C. The Morgan fingerprint density at radius 1 is 1.12 bits per heavy atom. The largest absolute Gasteiger partial charge is 0.497 e. The second-order valence-corrected chi connectivity index (χ2v) is 7.59. The molecule has 0 radical (unpaired) electrons. The van der Waals surface area contributed by atoms with Crippen LogP contribution in [-0.2, 0) is 4.74 Å². The highest BCUT2D eigenvalue weighted by atomic mass is 16.5. The molecule has 0 bridgehead atoms. The van der Waals surface area contributed by atoms with Gasteiger partial charge in [-0.25, -0.2) is 4.79 Å². The zero-order valence-corrected chi connectivity index (χ0v) is 18.6. The van der Waals surface area contributed by atoms with Crippen molar-refractivity contribution in [1.82, 2.24) is 20.4 Å². The third-order valence-corrected chi connectivity index (χ3v) is 5.50. The summed E-state index contributed by atoms with van der Waals surface area (Å²) in [6.45, 7) is 4.72. The maximum absolute atomic E-state index is 12.9. The van der Waals surface area contributed by atoms with Crippen LogP contribution in [0.15, 0.2) is 58.8 Å². The molecule has 32 heavy (non-hydrogen) atoms. The highest BCUT2D eigenvalue weighted by molar-refractivity contribution is 5.86. The van der Waals surface area contributed by atoms with Crippen molar-refractivity contribution in [3.63, 3.8) is 0 Å². The number of hydrogen-bond donors (Lipinski definition) is 1. The van der Waals surface area contributed by atoms with E-state index >= 15 is 0 Å². The quantitative estimate of drug-likeness (QED) is 0.600. The van der Waals surface area contributed by atoms with Crippen molar-refractivity contribution in [1.29, 1.82) is 0 Å². The van der Waals surface area contributed by atoms with Crippen LogP contribution in [0.5, 0.6) is 5.75 Å². The van der Waals surface area contributed by atoms with E-state index in [4.69, 9.17) is 14.0 Å². The minimum atomic E-state index is -0.446. The van der Waals surface area contributed by atoms with Crippen molar-refractivity contribution >= 4 is 11.6 Å². The lowest BCUT2D eigenvalue weighted by molar-refractivity contribution is 0.158. The summed E-state index contributed by atoms with van der Waals surface area (Å²) in [5, 5.41) is 7.27. The van der Waals surface area contributed by atoms with Gasteiger partial charge in [0.25, 0.3) is 5.89 Å². The minimum absolute atomic E-state index is 0.206. The van der Waals surface area contributed by atoms with Crippen molar-refractivity contribution in [2.45, 2.75) is 19.9 Å². The van der Waals surface area contributed by atoms with Crippen LogP contribution >= 0.6 is 0 Å². The number of rotatable bonds is 7. The Morgan fingerprint density at radius 2 is 1.91 bits per heavy atom. The van der Waals surface area contributed by atoms with Crippen LogP contribution < -0.4 is 10.1 Å². The van der Waals surface area contributed by atoms with Gasteiger partial charge in [-0.3, -0.25) is 4.90 Å². The van der Waals surface area contributed by atoms with Crippen molar-refractivity contribution in [2.24, 2.45) is 0 Å². The van der Waals surface area contributed by atoms with Gasteiger partial charge in [0.1, 0.15) is 5.75 Å². The van der Waals surface area contributed by atoms with E-state index in [1.54, 1.807) is 19.1 Å². The molecule has 1 atom stereocenters. The number of nitrogens with one attached hydrogen (secondary N) is 1. The van der Waals surface area contributed by atoms with E-state index in [2.05, 4.69) is 15.5 Å². The van der Waals surface area contributed by atoms with Crippen LogP contribution in [0.25, 0.3) is 17.0 Å². The topological polar surface area (TPSA) is 89.7 Å². The molecular formula is C24H26N4O4. The van der Waals surface area contributed by atoms with E-state index in [0.717, 1.165) is 33.7 Å². The van der Waals surface area contributed by atoms with Crippen molar-refractivity contribution in [3.05, 3.63) is 71.2 Å². The maximum atomic E-state index is 12.9. The molecule has 0 saturated carbocycles. The van der Waals surface area contributed by atoms with Gasteiger partial charge in [0.05, 0.1) is 31.9 Å². The molecule has 3 aromatic rings. The summed E-state index contributed by atoms with van der Waals surface area (Å²) in [5.41, 5.74) is 4.35. The average molecular weight is 434 g/mol. The first-order chi connectivity index (χ1) is 15.5. The monoisotopic (exact) mass is 434 g/mol. The van der Waals surface area contributed by atoms with Crippen LogP contribution in [0.4, 0.5) is 4.79 Å². The predicted molar refractivity (Wildman–Crippen MR) is 120 cm³/mol. The predicted octanol–water partition coefficient (Wildman–Crippen LogP) is 4.20. The lowest BCUT2D eigenvalue weighted by atomic mass is 9.94. The summed E-state index contributed by atoms with van der Waals surface area (Å²) >= 11 is 0. The molecule has 0 saturated heterocycles. The lowest BCUT2D eigenvalue weighted by Crippen LogP contribution is -2.47. The number of hydrogen-bond acceptors (Lipinski definition) is 6. The Bertz CT molecular complexity index is 1140. The first kappa shape index (κ1) is 21.6. The molecule has 8 heteroatoms. The van der Waals surface area contributed by atoms with Gasteiger partial charge in [-0.2, -0.15) is 4.98 Å². The third kappa shape index (κ3) is 4.22. The molecule has 2 heterocycles. The van der Waals surface area contributed by atoms with E-state index in [1.807, 2.05) is 62.4 Å². The fourth-order valence-corrected chi connectivity index (χ4v) is 3.79. The minimum Gasteiger partial charge on any atom is -0.497 e. The van der Waals surface area contributed by atoms with E-state index in [1.165, 1.54) is 0 Å². The molecule has 1 aliphatic rings. The summed E-state index contributed by atoms with van der Waals surface area (Å²) < 4.78 is 16.2. The third-order valence-electron chi connectivity index (χ3n) is 5.50. The number of benzene rings is 2. The second-order valence-electron chi connectivity index (χ2n) is 7.59. The van der Waals surface area contributed by atoms with E-state index < -0.39 is 6.04 Å². The van der Waals surface area contributed by atoms with E-state index in [0.29, 0.717) is 24.9 Å². The number of carbonyl (C=O) groups excluding carboxylic acids is 1. The molecule has 0 spiro atoms. The van der Waals surface area contributed by atoms with Gasteiger partial charge in [0.2, 0.25) is 5.82 Å². The zero-order valence-electron chi connectivity index (χ0n) is 18.6. The maximum Gasteiger partial charge on any atom is 0.322 e. The zero-order chi connectivity index (χ0) is 22.7. The smallest absolute Gasteiger partial charge is 0.322 e. The van der Waals surface area contributed by atoms with Gasteiger partial charge < -0.3 is 19.3 Å². The molecule has 1 unspecified atom stereocenters. The molecule has 166 valence electrons. The number of methoxy groups -OCH3 is 2. The molecular weight excluding hydrogens is 408 g/mol. The number of allylic oxidation sites excluding steroid dienone is 1. The Labute approximate surface area is 186 Å².